The molecule has 1 aliphatic rings. The average molecular weight is 366 g/mol. The Morgan fingerprint density at radius 2 is 1.89 bits per heavy atom. The first kappa shape index (κ1) is 16.7. The number of hydrogen-bond donors (Lipinski definition) is 0. The van der Waals surface area contributed by atoms with Gasteiger partial charge in [0.15, 0.2) is 0 Å². The van der Waals surface area contributed by atoms with Gasteiger partial charge < -0.3 is 4.74 Å². The first-order valence-corrected chi connectivity index (χ1v) is 9.45. The average Bonchev–Trinajstić information content (AvgIpc) is 2.38. The number of unbranched alkanes of at least 4 members (excludes halogenated alkanes) is 5. The summed E-state index contributed by atoms with van der Waals surface area (Å²) >= 11 is 2.52. The zero-order valence-corrected chi connectivity index (χ0v) is 14.5. The van der Waals surface area contributed by atoms with E-state index in [0.29, 0.717) is 0 Å². The standard InChI is InChI=1S/C16H31IO/c1-3-4-5-6-7-8-12-18-16(14-17)11-9-10-15(2)13-16/h15H,3-14H2,1-2H3. The molecule has 2 heteroatoms. The van der Waals surface area contributed by atoms with Crippen LogP contribution in [-0.2, 0) is 4.74 Å². The van der Waals surface area contributed by atoms with Crippen LogP contribution in [0.25, 0.3) is 0 Å². The molecule has 1 rings (SSSR count). The van der Waals surface area contributed by atoms with Gasteiger partial charge in [0.2, 0.25) is 0 Å². The zero-order chi connectivity index (χ0) is 13.3. The maximum atomic E-state index is 6.29. The quantitative estimate of drug-likeness (QED) is 0.287. The van der Waals surface area contributed by atoms with E-state index in [1.54, 1.807) is 0 Å². The number of alkyl halides is 1. The second kappa shape index (κ2) is 9.57. The van der Waals surface area contributed by atoms with E-state index in [9.17, 15) is 0 Å². The third-order valence-corrected chi connectivity index (χ3v) is 5.59. The van der Waals surface area contributed by atoms with Crippen LogP contribution in [0.15, 0.2) is 0 Å². The van der Waals surface area contributed by atoms with Crippen molar-refractivity contribution in [2.75, 3.05) is 11.0 Å². The van der Waals surface area contributed by atoms with Gasteiger partial charge in [0, 0.05) is 11.0 Å². The minimum atomic E-state index is 0.224. The van der Waals surface area contributed by atoms with E-state index < -0.39 is 0 Å². The summed E-state index contributed by atoms with van der Waals surface area (Å²) in [5.41, 5.74) is 0.224. The van der Waals surface area contributed by atoms with Gasteiger partial charge in [-0.1, -0.05) is 81.4 Å². The summed E-state index contributed by atoms with van der Waals surface area (Å²) in [4.78, 5) is 0. The third-order valence-electron chi connectivity index (χ3n) is 4.20. The molecule has 0 bridgehead atoms. The van der Waals surface area contributed by atoms with Gasteiger partial charge in [0.25, 0.3) is 0 Å². The molecule has 1 aliphatic carbocycles. The van der Waals surface area contributed by atoms with Crippen molar-refractivity contribution in [1.82, 2.24) is 0 Å². The van der Waals surface area contributed by atoms with Crippen LogP contribution in [0, 0.1) is 5.92 Å². The smallest absolute Gasteiger partial charge is 0.0774 e. The van der Waals surface area contributed by atoms with Crippen molar-refractivity contribution in [3.8, 4) is 0 Å². The maximum absolute atomic E-state index is 6.29. The number of halogens is 1. The molecule has 18 heavy (non-hydrogen) atoms. The molecule has 2 atom stereocenters. The number of hydrogen-bond acceptors (Lipinski definition) is 1. The van der Waals surface area contributed by atoms with Crippen LogP contribution in [0.2, 0.25) is 0 Å². The minimum absolute atomic E-state index is 0.224. The van der Waals surface area contributed by atoms with Crippen LogP contribution < -0.4 is 0 Å². The summed E-state index contributed by atoms with van der Waals surface area (Å²) in [5, 5.41) is 0. The molecule has 0 aliphatic heterocycles. The molecule has 1 fully saturated rings. The summed E-state index contributed by atoms with van der Waals surface area (Å²) in [6, 6.07) is 0. The topological polar surface area (TPSA) is 9.23 Å². The van der Waals surface area contributed by atoms with Gasteiger partial charge in [-0.05, 0) is 25.2 Å². The van der Waals surface area contributed by atoms with E-state index in [-0.39, 0.29) is 5.60 Å². The predicted molar refractivity (Wildman–Crippen MR) is 88.6 cm³/mol. The molecule has 0 heterocycles. The van der Waals surface area contributed by atoms with E-state index >= 15 is 0 Å². The lowest BCUT2D eigenvalue weighted by Gasteiger charge is -2.38. The van der Waals surface area contributed by atoms with Crippen molar-refractivity contribution in [2.45, 2.75) is 83.7 Å². The van der Waals surface area contributed by atoms with Crippen molar-refractivity contribution in [3.63, 3.8) is 0 Å². The molecule has 0 aromatic rings. The normalized spacial score (nSPS) is 28.5. The fourth-order valence-corrected chi connectivity index (χ4v) is 3.99. The monoisotopic (exact) mass is 366 g/mol. The summed E-state index contributed by atoms with van der Waals surface area (Å²) < 4.78 is 7.46. The molecule has 0 N–H and O–H groups in total. The summed E-state index contributed by atoms with van der Waals surface area (Å²) in [5.74, 6) is 0.859. The predicted octanol–water partition coefficient (Wildman–Crippen LogP) is 5.75. The molecule has 0 amide bonds. The lowest BCUT2D eigenvalue weighted by Crippen LogP contribution is -2.39. The Balaban J connectivity index is 2.11. The molecule has 0 radical (unpaired) electrons. The zero-order valence-electron chi connectivity index (χ0n) is 12.3. The van der Waals surface area contributed by atoms with Crippen molar-refractivity contribution in [3.05, 3.63) is 0 Å². The Hall–Kier alpha value is 0.690. The molecule has 0 saturated heterocycles. The van der Waals surface area contributed by atoms with Gasteiger partial charge in [0.05, 0.1) is 5.60 Å². The SMILES string of the molecule is CCCCCCCCOC1(CI)CCCC(C)C1. The Morgan fingerprint density at radius 1 is 1.17 bits per heavy atom. The molecular formula is C16H31IO. The van der Waals surface area contributed by atoms with Crippen LogP contribution >= 0.6 is 22.6 Å². The van der Waals surface area contributed by atoms with Gasteiger partial charge >= 0.3 is 0 Å². The van der Waals surface area contributed by atoms with Crippen molar-refractivity contribution >= 4 is 22.6 Å². The van der Waals surface area contributed by atoms with Gasteiger partial charge in [-0.3, -0.25) is 0 Å². The molecule has 1 nitrogen and oxygen atoms in total. The molecule has 1 saturated carbocycles. The van der Waals surface area contributed by atoms with E-state index in [1.165, 1.54) is 68.6 Å². The van der Waals surface area contributed by atoms with Crippen LogP contribution in [0.5, 0.6) is 0 Å². The van der Waals surface area contributed by atoms with Crippen LogP contribution in [0.3, 0.4) is 0 Å². The second-order valence-corrected chi connectivity index (χ2v) is 6.90. The number of ether oxygens (including phenoxy) is 1. The Labute approximate surface area is 128 Å². The second-order valence-electron chi connectivity index (χ2n) is 6.13. The third kappa shape index (κ3) is 6.23. The minimum Gasteiger partial charge on any atom is -0.374 e. The molecule has 0 aromatic heterocycles. The van der Waals surface area contributed by atoms with Gasteiger partial charge in [-0.15, -0.1) is 0 Å². The molecule has 2 unspecified atom stereocenters. The maximum Gasteiger partial charge on any atom is 0.0774 e. The first-order chi connectivity index (χ1) is 8.72. The molecule has 0 aromatic carbocycles. The highest BCUT2D eigenvalue weighted by Gasteiger charge is 2.34. The molecule has 108 valence electrons. The van der Waals surface area contributed by atoms with Gasteiger partial charge in [-0.2, -0.15) is 0 Å². The summed E-state index contributed by atoms with van der Waals surface area (Å²) in [7, 11) is 0. The number of rotatable bonds is 9. The fraction of sp³-hybridized carbons (Fsp3) is 1.00. The summed E-state index contributed by atoms with van der Waals surface area (Å²) in [6.45, 7) is 5.65. The van der Waals surface area contributed by atoms with Gasteiger partial charge in [0.1, 0.15) is 0 Å². The van der Waals surface area contributed by atoms with Crippen molar-refractivity contribution in [1.29, 1.82) is 0 Å². The van der Waals surface area contributed by atoms with Crippen LogP contribution in [0.4, 0.5) is 0 Å². The molecular weight excluding hydrogens is 335 g/mol. The van der Waals surface area contributed by atoms with E-state index in [4.69, 9.17) is 4.74 Å². The van der Waals surface area contributed by atoms with E-state index in [1.807, 2.05) is 0 Å². The highest BCUT2D eigenvalue weighted by atomic mass is 127. The summed E-state index contributed by atoms with van der Waals surface area (Å²) in [6.07, 6.45) is 13.5. The highest BCUT2D eigenvalue weighted by Crippen LogP contribution is 2.36. The largest absolute Gasteiger partial charge is 0.374 e. The lowest BCUT2D eigenvalue weighted by atomic mass is 9.80. The fourth-order valence-electron chi connectivity index (χ4n) is 3.07. The Morgan fingerprint density at radius 3 is 2.56 bits per heavy atom. The highest BCUT2D eigenvalue weighted by molar-refractivity contribution is 14.1. The Kier molecular flexibility index (Phi) is 8.90. The van der Waals surface area contributed by atoms with Crippen molar-refractivity contribution in [2.24, 2.45) is 5.92 Å². The first-order valence-electron chi connectivity index (χ1n) is 7.92. The van der Waals surface area contributed by atoms with Crippen LogP contribution in [0.1, 0.15) is 78.1 Å². The van der Waals surface area contributed by atoms with Crippen LogP contribution in [-0.4, -0.2) is 16.6 Å². The Bertz CT molecular complexity index is 207. The molecule has 0 spiro atoms. The van der Waals surface area contributed by atoms with E-state index in [0.717, 1.165) is 12.5 Å². The van der Waals surface area contributed by atoms with Crippen molar-refractivity contribution < 1.29 is 4.74 Å². The van der Waals surface area contributed by atoms with Gasteiger partial charge in [-0.25, -0.2) is 0 Å². The lowest BCUT2D eigenvalue weighted by molar-refractivity contribution is -0.0628. The van der Waals surface area contributed by atoms with E-state index in [2.05, 4.69) is 36.4 Å².